The normalized spacial score (nSPS) is 13.4. The molecule has 0 saturated heterocycles. The first-order chi connectivity index (χ1) is 11.6. The highest BCUT2D eigenvalue weighted by atomic mass is 32.1. The van der Waals surface area contributed by atoms with Crippen molar-refractivity contribution in [3.63, 3.8) is 0 Å². The zero-order chi connectivity index (χ0) is 16.9. The molecule has 0 aliphatic heterocycles. The molecule has 4 nitrogen and oxygen atoms in total. The molecule has 0 spiro atoms. The molecule has 0 fully saturated rings. The summed E-state index contributed by atoms with van der Waals surface area (Å²) < 4.78 is 0. The number of benzene rings is 2. The summed E-state index contributed by atoms with van der Waals surface area (Å²) in [6, 6.07) is 15.6. The fourth-order valence-corrected chi connectivity index (χ4v) is 3.43. The van der Waals surface area contributed by atoms with Gasteiger partial charge in [-0.15, -0.1) is 0 Å². The zero-order valence-corrected chi connectivity index (χ0v) is 14.2. The minimum atomic E-state index is -0.685. The number of carbonyl (C=O) groups excluding carboxylic acids is 1. The van der Waals surface area contributed by atoms with Gasteiger partial charge < -0.3 is 15.7 Å². The van der Waals surface area contributed by atoms with E-state index < -0.39 is 6.10 Å². The summed E-state index contributed by atoms with van der Waals surface area (Å²) in [5, 5.41) is 21.7. The van der Waals surface area contributed by atoms with Crippen LogP contribution in [0.2, 0.25) is 0 Å². The van der Waals surface area contributed by atoms with E-state index in [9.17, 15) is 9.90 Å². The molecule has 0 radical (unpaired) electrons. The second-order valence-electron chi connectivity index (χ2n) is 5.72. The molecule has 24 heavy (non-hydrogen) atoms. The molecule has 5 heteroatoms. The average Bonchev–Trinajstić information content (AvgIpc) is 3.14. The van der Waals surface area contributed by atoms with E-state index in [4.69, 9.17) is 0 Å². The Bertz CT molecular complexity index is 812. The molecular formula is C19H20N2O2S. The minimum absolute atomic E-state index is 0.130. The molecule has 2 amide bonds. The van der Waals surface area contributed by atoms with Crippen molar-refractivity contribution in [3.8, 4) is 0 Å². The summed E-state index contributed by atoms with van der Waals surface area (Å²) in [6.45, 7) is 2.14. The maximum atomic E-state index is 12.1. The molecule has 1 aromatic heterocycles. The standard InChI is InChI=1S/C19H20N2O2S/c1-13(16-8-4-6-14-5-2-3-7-17(14)16)21-19(23)20-11-18(22)15-9-10-24-12-15/h2-10,12-13,18,22H,11H2,1H3,(H2,20,21,23). The van der Waals surface area contributed by atoms with Gasteiger partial charge in [0.25, 0.3) is 0 Å². The highest BCUT2D eigenvalue weighted by Crippen LogP contribution is 2.24. The number of amides is 2. The molecule has 1 heterocycles. The van der Waals surface area contributed by atoms with Crippen molar-refractivity contribution < 1.29 is 9.90 Å². The Kier molecular flexibility index (Phi) is 5.13. The fourth-order valence-electron chi connectivity index (χ4n) is 2.73. The van der Waals surface area contributed by atoms with E-state index >= 15 is 0 Å². The Balaban J connectivity index is 1.61. The van der Waals surface area contributed by atoms with E-state index in [1.54, 1.807) is 0 Å². The van der Waals surface area contributed by atoms with Gasteiger partial charge in [0.1, 0.15) is 0 Å². The largest absolute Gasteiger partial charge is 0.387 e. The topological polar surface area (TPSA) is 61.4 Å². The Morgan fingerprint density at radius 2 is 1.96 bits per heavy atom. The SMILES string of the molecule is CC(NC(=O)NCC(O)c1ccsc1)c1cccc2ccccc12. The molecule has 2 aromatic carbocycles. The van der Waals surface area contributed by atoms with E-state index in [1.165, 1.54) is 11.3 Å². The molecule has 3 aromatic rings. The third-order valence-corrected chi connectivity index (χ3v) is 4.72. The fraction of sp³-hybridized carbons (Fsp3) is 0.211. The number of aliphatic hydroxyl groups is 1. The highest BCUT2D eigenvalue weighted by molar-refractivity contribution is 7.07. The molecule has 3 N–H and O–H groups in total. The van der Waals surface area contributed by atoms with Gasteiger partial charge in [0.05, 0.1) is 12.1 Å². The van der Waals surface area contributed by atoms with Crippen LogP contribution >= 0.6 is 11.3 Å². The molecule has 2 unspecified atom stereocenters. The van der Waals surface area contributed by atoms with Crippen LogP contribution in [0, 0.1) is 0 Å². The highest BCUT2D eigenvalue weighted by Gasteiger charge is 2.14. The molecule has 0 bridgehead atoms. The number of fused-ring (bicyclic) bond motifs is 1. The van der Waals surface area contributed by atoms with E-state index in [-0.39, 0.29) is 18.6 Å². The lowest BCUT2D eigenvalue weighted by Crippen LogP contribution is -2.39. The lowest BCUT2D eigenvalue weighted by atomic mass is 10.00. The zero-order valence-electron chi connectivity index (χ0n) is 13.4. The van der Waals surface area contributed by atoms with Crippen molar-refractivity contribution in [1.29, 1.82) is 0 Å². The van der Waals surface area contributed by atoms with Crippen LogP contribution in [0.3, 0.4) is 0 Å². The number of thiophene rings is 1. The summed E-state index contributed by atoms with van der Waals surface area (Å²) in [5.41, 5.74) is 1.89. The number of carbonyl (C=O) groups is 1. The summed E-state index contributed by atoms with van der Waals surface area (Å²) >= 11 is 1.52. The van der Waals surface area contributed by atoms with Crippen LogP contribution in [0.15, 0.2) is 59.3 Å². The van der Waals surface area contributed by atoms with Crippen LogP contribution in [0.5, 0.6) is 0 Å². The Morgan fingerprint density at radius 1 is 1.17 bits per heavy atom. The van der Waals surface area contributed by atoms with Crippen LogP contribution in [0.1, 0.15) is 30.2 Å². The van der Waals surface area contributed by atoms with Crippen LogP contribution in [-0.4, -0.2) is 17.7 Å². The molecule has 0 saturated carbocycles. The monoisotopic (exact) mass is 340 g/mol. The number of nitrogens with one attached hydrogen (secondary N) is 2. The lowest BCUT2D eigenvalue weighted by Gasteiger charge is -2.18. The summed E-state index contributed by atoms with van der Waals surface area (Å²) in [7, 11) is 0. The molecule has 124 valence electrons. The Morgan fingerprint density at radius 3 is 2.75 bits per heavy atom. The van der Waals surface area contributed by atoms with Crippen molar-refractivity contribution in [2.45, 2.75) is 19.1 Å². The van der Waals surface area contributed by atoms with Crippen molar-refractivity contribution in [2.24, 2.45) is 0 Å². The van der Waals surface area contributed by atoms with E-state index in [0.29, 0.717) is 0 Å². The van der Waals surface area contributed by atoms with Gasteiger partial charge in [-0.25, -0.2) is 4.79 Å². The predicted octanol–water partition coefficient (Wildman–Crippen LogP) is 4.00. The maximum absolute atomic E-state index is 12.1. The van der Waals surface area contributed by atoms with E-state index in [2.05, 4.69) is 28.8 Å². The molecule has 0 aliphatic rings. The quantitative estimate of drug-likeness (QED) is 0.657. The Labute approximate surface area is 145 Å². The number of rotatable bonds is 5. The number of hydrogen-bond donors (Lipinski definition) is 3. The molecule has 2 atom stereocenters. The predicted molar refractivity (Wildman–Crippen MR) is 98.2 cm³/mol. The lowest BCUT2D eigenvalue weighted by molar-refractivity contribution is 0.173. The number of urea groups is 1. The van der Waals surface area contributed by atoms with Crippen molar-refractivity contribution in [3.05, 3.63) is 70.4 Å². The van der Waals surface area contributed by atoms with Gasteiger partial charge in [-0.2, -0.15) is 11.3 Å². The number of aliphatic hydroxyl groups excluding tert-OH is 1. The first kappa shape index (κ1) is 16.5. The van der Waals surface area contributed by atoms with Gasteiger partial charge in [0, 0.05) is 6.54 Å². The molecule has 0 aliphatic carbocycles. The first-order valence-corrected chi connectivity index (χ1v) is 8.81. The number of hydrogen-bond acceptors (Lipinski definition) is 3. The van der Waals surface area contributed by atoms with E-state index in [1.807, 2.05) is 48.0 Å². The smallest absolute Gasteiger partial charge is 0.315 e. The third kappa shape index (κ3) is 3.75. The third-order valence-electron chi connectivity index (χ3n) is 4.02. The van der Waals surface area contributed by atoms with Gasteiger partial charge in [-0.1, -0.05) is 42.5 Å². The van der Waals surface area contributed by atoms with Gasteiger partial charge >= 0.3 is 6.03 Å². The second kappa shape index (κ2) is 7.47. The minimum Gasteiger partial charge on any atom is -0.387 e. The van der Waals surface area contributed by atoms with E-state index in [0.717, 1.165) is 21.9 Å². The summed E-state index contributed by atoms with van der Waals surface area (Å²) in [4.78, 5) is 12.1. The molecular weight excluding hydrogens is 320 g/mol. The second-order valence-corrected chi connectivity index (χ2v) is 6.50. The maximum Gasteiger partial charge on any atom is 0.315 e. The van der Waals surface area contributed by atoms with Crippen molar-refractivity contribution >= 4 is 28.1 Å². The van der Waals surface area contributed by atoms with Gasteiger partial charge in [-0.3, -0.25) is 0 Å². The van der Waals surface area contributed by atoms with Crippen molar-refractivity contribution in [1.82, 2.24) is 10.6 Å². The van der Waals surface area contributed by atoms with Gasteiger partial charge in [0.15, 0.2) is 0 Å². The first-order valence-electron chi connectivity index (χ1n) is 7.87. The van der Waals surface area contributed by atoms with Gasteiger partial charge in [0.2, 0.25) is 0 Å². The van der Waals surface area contributed by atoms with Crippen LogP contribution in [0.25, 0.3) is 10.8 Å². The summed E-state index contributed by atoms with van der Waals surface area (Å²) in [5.74, 6) is 0. The van der Waals surface area contributed by atoms with Crippen LogP contribution in [0.4, 0.5) is 4.79 Å². The van der Waals surface area contributed by atoms with Crippen LogP contribution in [-0.2, 0) is 0 Å². The van der Waals surface area contributed by atoms with Crippen LogP contribution < -0.4 is 10.6 Å². The summed E-state index contributed by atoms with van der Waals surface area (Å²) in [6.07, 6.45) is -0.685. The average molecular weight is 340 g/mol. The Hall–Kier alpha value is -2.37. The molecule has 3 rings (SSSR count). The van der Waals surface area contributed by atoms with Crippen molar-refractivity contribution in [2.75, 3.05) is 6.54 Å². The van der Waals surface area contributed by atoms with Gasteiger partial charge in [-0.05, 0) is 45.6 Å².